The van der Waals surface area contributed by atoms with Crippen LogP contribution in [0.1, 0.15) is 56.8 Å². The lowest BCUT2D eigenvalue weighted by atomic mass is 9.91. The van der Waals surface area contributed by atoms with Gasteiger partial charge >= 0.3 is 12.2 Å². The van der Waals surface area contributed by atoms with Gasteiger partial charge in [0, 0.05) is 26.2 Å². The lowest BCUT2D eigenvalue weighted by Gasteiger charge is -2.42. The van der Waals surface area contributed by atoms with E-state index in [-0.39, 0.29) is 24.3 Å². The highest BCUT2D eigenvalue weighted by Crippen LogP contribution is 2.35. The van der Waals surface area contributed by atoms with Gasteiger partial charge in [0.2, 0.25) is 0 Å². The molecule has 1 aliphatic carbocycles. The van der Waals surface area contributed by atoms with E-state index >= 15 is 0 Å². The number of hydrogen-bond acceptors (Lipinski definition) is 5. The van der Waals surface area contributed by atoms with Gasteiger partial charge in [-0.25, -0.2) is 9.59 Å². The fourth-order valence-electron chi connectivity index (χ4n) is 4.43. The van der Waals surface area contributed by atoms with Crippen molar-refractivity contribution in [3.63, 3.8) is 0 Å². The number of nitrogens with one attached hydrogen (secondary N) is 1. The Balaban J connectivity index is 1.55. The maximum atomic E-state index is 12.8. The molecule has 2 atom stereocenters. The van der Waals surface area contributed by atoms with Crippen molar-refractivity contribution in [2.75, 3.05) is 32.8 Å². The molecule has 2 unspecified atom stereocenters. The Morgan fingerprint density at radius 3 is 2.03 bits per heavy atom. The Morgan fingerprint density at radius 1 is 0.914 bits per heavy atom. The zero-order valence-electron chi connectivity index (χ0n) is 21.0. The van der Waals surface area contributed by atoms with Crippen LogP contribution in [0, 0.1) is 5.92 Å². The minimum absolute atomic E-state index is 0.118. The molecule has 0 spiro atoms. The van der Waals surface area contributed by atoms with Crippen molar-refractivity contribution in [2.45, 2.75) is 51.3 Å². The van der Waals surface area contributed by atoms with E-state index < -0.39 is 5.60 Å². The molecule has 7 heteroatoms. The maximum absolute atomic E-state index is 12.8. The Hall–Kier alpha value is -3.06. The van der Waals surface area contributed by atoms with Crippen LogP contribution < -0.4 is 5.32 Å². The molecule has 0 bridgehead atoms. The smallest absolute Gasteiger partial charge is 0.410 e. The number of carbonyl (C=O) groups excluding carboxylic acids is 2. The van der Waals surface area contributed by atoms with E-state index in [0.717, 1.165) is 24.0 Å². The topological polar surface area (TPSA) is 71.1 Å². The molecule has 1 saturated carbocycles. The summed E-state index contributed by atoms with van der Waals surface area (Å²) in [6.45, 7) is 8.57. The number of amides is 2. The van der Waals surface area contributed by atoms with Gasteiger partial charge in [0.1, 0.15) is 5.60 Å². The summed E-state index contributed by atoms with van der Waals surface area (Å²) in [5.74, 6) is 0.502. The summed E-state index contributed by atoms with van der Waals surface area (Å²) in [5.41, 5.74) is 1.60. The molecule has 1 saturated heterocycles. The molecule has 0 aromatic heterocycles. The van der Waals surface area contributed by atoms with Crippen LogP contribution in [0.2, 0.25) is 0 Å². The zero-order chi connectivity index (χ0) is 24.8. The zero-order valence-corrected chi connectivity index (χ0v) is 21.0. The van der Waals surface area contributed by atoms with Crippen LogP contribution in [-0.4, -0.2) is 60.4 Å². The molecule has 1 N–H and O–H groups in total. The number of carbonyl (C=O) groups is 2. The van der Waals surface area contributed by atoms with Crippen molar-refractivity contribution in [1.82, 2.24) is 15.1 Å². The third-order valence-electron chi connectivity index (χ3n) is 6.40. The van der Waals surface area contributed by atoms with Gasteiger partial charge in [0.15, 0.2) is 0 Å². The number of alkyl carbamates (subject to hydrolysis) is 1. The molecular formula is C28H37N3O4. The van der Waals surface area contributed by atoms with Crippen molar-refractivity contribution < 1.29 is 19.1 Å². The number of hydrogen-bond donors (Lipinski definition) is 1. The first-order valence-electron chi connectivity index (χ1n) is 12.6. The molecule has 0 radical (unpaired) electrons. The first kappa shape index (κ1) is 25.0. The standard InChI is InChI=1S/C28H37N3O4/c1-28(2,3)35-27(33)31-18-16-30(17-19-31)25(23-12-8-5-9-13-23)24(22-10-6-4-7-11-22)29-26(32)34-20-21-14-15-21/h4-13,21,24-25H,14-20H2,1-3H3,(H,29,32). The van der Waals surface area contributed by atoms with Gasteiger partial charge in [-0.3, -0.25) is 4.90 Å². The van der Waals surface area contributed by atoms with Crippen molar-refractivity contribution in [2.24, 2.45) is 5.92 Å². The second-order valence-electron chi connectivity index (χ2n) is 10.4. The SMILES string of the molecule is CC(C)(C)OC(=O)N1CCN(C(c2ccccc2)C(NC(=O)OCC2CC2)c2ccccc2)CC1. The van der Waals surface area contributed by atoms with E-state index in [1.807, 2.05) is 69.3 Å². The molecular weight excluding hydrogens is 442 g/mol. The van der Waals surface area contributed by atoms with Crippen LogP contribution in [-0.2, 0) is 9.47 Å². The largest absolute Gasteiger partial charge is 0.449 e. The Labute approximate surface area is 208 Å². The van der Waals surface area contributed by atoms with E-state index in [2.05, 4.69) is 22.3 Å². The second-order valence-corrected chi connectivity index (χ2v) is 10.4. The van der Waals surface area contributed by atoms with Crippen molar-refractivity contribution in [3.8, 4) is 0 Å². The molecule has 2 aliphatic rings. The van der Waals surface area contributed by atoms with Gasteiger partial charge in [0.05, 0.1) is 18.7 Å². The van der Waals surface area contributed by atoms with Crippen molar-refractivity contribution in [3.05, 3.63) is 71.8 Å². The van der Waals surface area contributed by atoms with E-state index in [1.165, 1.54) is 0 Å². The van der Waals surface area contributed by atoms with Crippen LogP contribution in [0.4, 0.5) is 9.59 Å². The molecule has 188 valence electrons. The van der Waals surface area contributed by atoms with Gasteiger partial charge in [-0.05, 0) is 50.7 Å². The Bertz CT molecular complexity index is 965. The second kappa shape index (κ2) is 11.1. The number of ether oxygens (including phenoxy) is 2. The number of benzene rings is 2. The quantitative estimate of drug-likeness (QED) is 0.594. The molecule has 1 aliphatic heterocycles. The number of nitrogens with zero attached hydrogens (tertiary/aromatic N) is 2. The summed E-state index contributed by atoms with van der Waals surface area (Å²) < 4.78 is 11.1. The van der Waals surface area contributed by atoms with E-state index in [9.17, 15) is 9.59 Å². The lowest BCUT2D eigenvalue weighted by Crippen LogP contribution is -2.52. The first-order chi connectivity index (χ1) is 16.8. The van der Waals surface area contributed by atoms with E-state index in [4.69, 9.17) is 9.47 Å². The van der Waals surface area contributed by atoms with E-state index in [0.29, 0.717) is 38.7 Å². The van der Waals surface area contributed by atoms with Crippen LogP contribution >= 0.6 is 0 Å². The van der Waals surface area contributed by atoms with Gasteiger partial charge in [-0.2, -0.15) is 0 Å². The van der Waals surface area contributed by atoms with Crippen molar-refractivity contribution >= 4 is 12.2 Å². The maximum Gasteiger partial charge on any atom is 0.410 e. The highest BCUT2D eigenvalue weighted by atomic mass is 16.6. The highest BCUT2D eigenvalue weighted by molar-refractivity contribution is 5.69. The average Bonchev–Trinajstić information content (AvgIpc) is 3.68. The molecule has 2 fully saturated rings. The summed E-state index contributed by atoms with van der Waals surface area (Å²) in [6.07, 6.45) is 1.59. The summed E-state index contributed by atoms with van der Waals surface area (Å²) in [6, 6.07) is 19.8. The predicted molar refractivity (Wildman–Crippen MR) is 135 cm³/mol. The minimum atomic E-state index is -0.524. The van der Waals surface area contributed by atoms with Crippen molar-refractivity contribution in [1.29, 1.82) is 0 Å². The summed E-state index contributed by atoms with van der Waals surface area (Å²) in [5, 5.41) is 3.17. The van der Waals surface area contributed by atoms with Crippen LogP contribution in [0.5, 0.6) is 0 Å². The van der Waals surface area contributed by atoms with Crippen LogP contribution in [0.25, 0.3) is 0 Å². The Morgan fingerprint density at radius 2 is 1.49 bits per heavy atom. The first-order valence-corrected chi connectivity index (χ1v) is 12.6. The van der Waals surface area contributed by atoms with Gasteiger partial charge in [0.25, 0.3) is 0 Å². The fraction of sp³-hybridized carbons (Fsp3) is 0.500. The normalized spacial score (nSPS) is 18.4. The van der Waals surface area contributed by atoms with Gasteiger partial charge in [-0.1, -0.05) is 60.7 Å². The summed E-state index contributed by atoms with van der Waals surface area (Å²) >= 11 is 0. The molecule has 2 aromatic rings. The molecule has 35 heavy (non-hydrogen) atoms. The molecule has 1 heterocycles. The summed E-state index contributed by atoms with van der Waals surface area (Å²) in [7, 11) is 0. The molecule has 7 nitrogen and oxygen atoms in total. The predicted octanol–water partition coefficient (Wildman–Crippen LogP) is 5.16. The average molecular weight is 480 g/mol. The van der Waals surface area contributed by atoms with E-state index in [1.54, 1.807) is 4.90 Å². The monoisotopic (exact) mass is 479 g/mol. The van der Waals surface area contributed by atoms with Crippen LogP contribution in [0.15, 0.2) is 60.7 Å². The molecule has 4 rings (SSSR count). The molecule has 2 aromatic carbocycles. The van der Waals surface area contributed by atoms with Gasteiger partial charge < -0.3 is 19.7 Å². The summed E-state index contributed by atoms with van der Waals surface area (Å²) in [4.78, 5) is 29.5. The number of piperazine rings is 1. The minimum Gasteiger partial charge on any atom is -0.449 e. The highest BCUT2D eigenvalue weighted by Gasteiger charge is 2.35. The third-order valence-corrected chi connectivity index (χ3v) is 6.40. The third kappa shape index (κ3) is 7.21. The van der Waals surface area contributed by atoms with Gasteiger partial charge in [-0.15, -0.1) is 0 Å². The van der Waals surface area contributed by atoms with Crippen LogP contribution in [0.3, 0.4) is 0 Å². The lowest BCUT2D eigenvalue weighted by molar-refractivity contribution is 0.00783. The Kier molecular flexibility index (Phi) is 7.96. The molecule has 2 amide bonds. The number of rotatable bonds is 7. The fourth-order valence-corrected chi connectivity index (χ4v) is 4.43.